The summed E-state index contributed by atoms with van der Waals surface area (Å²) in [5.74, 6) is -4.28. The van der Waals surface area contributed by atoms with Gasteiger partial charge in [0.1, 0.15) is 41.8 Å². The predicted octanol–water partition coefficient (Wildman–Crippen LogP) is 2.17. The molecule has 15 nitrogen and oxygen atoms in total. The van der Waals surface area contributed by atoms with Crippen molar-refractivity contribution >= 4 is 35.5 Å². The molecule has 0 aromatic heterocycles. The number of ether oxygens (including phenoxy) is 7. The van der Waals surface area contributed by atoms with Gasteiger partial charge in [-0.15, -0.1) is 0 Å². The predicted molar refractivity (Wildman–Crippen MR) is 148 cm³/mol. The number of hydrogen-bond acceptors (Lipinski definition) is 14. The molecule has 0 bridgehead atoms. The summed E-state index contributed by atoms with van der Waals surface area (Å²) in [7, 11) is 2.82. The van der Waals surface area contributed by atoms with Crippen LogP contribution in [0.4, 0.5) is 5.69 Å². The number of esters is 4. The first-order valence-corrected chi connectivity index (χ1v) is 13.1. The molecule has 0 spiro atoms. The number of anilines is 1. The molecule has 15 heteroatoms. The second-order valence-corrected chi connectivity index (χ2v) is 9.60. The number of aromatic hydroxyl groups is 2. The lowest BCUT2D eigenvalue weighted by Crippen LogP contribution is -2.59. The topological polar surface area (TPSA) is 202 Å². The first-order valence-electron chi connectivity index (χ1n) is 13.1. The van der Waals surface area contributed by atoms with Crippen LogP contribution in [-0.4, -0.2) is 85.2 Å². The molecule has 238 valence electrons. The Balaban J connectivity index is 2.05. The van der Waals surface area contributed by atoms with Crippen molar-refractivity contribution in [1.29, 1.82) is 0 Å². The maximum absolute atomic E-state index is 13.0. The molecule has 0 aliphatic carbocycles. The second kappa shape index (κ2) is 14.4. The lowest BCUT2D eigenvalue weighted by atomic mass is 9.89. The molecule has 1 saturated heterocycles. The van der Waals surface area contributed by atoms with Crippen LogP contribution < -0.4 is 14.8 Å². The summed E-state index contributed by atoms with van der Waals surface area (Å²) in [6, 6.07) is 6.48. The van der Waals surface area contributed by atoms with Gasteiger partial charge in [-0.2, -0.15) is 0 Å². The third-order valence-corrected chi connectivity index (χ3v) is 6.30. The van der Waals surface area contributed by atoms with Crippen molar-refractivity contribution in [1.82, 2.24) is 0 Å². The van der Waals surface area contributed by atoms with Crippen molar-refractivity contribution in [3.05, 3.63) is 41.5 Å². The quantitative estimate of drug-likeness (QED) is 0.151. The van der Waals surface area contributed by atoms with Gasteiger partial charge in [-0.1, -0.05) is 0 Å². The molecular formula is C29H33NO14. The molecule has 5 atom stereocenters. The Morgan fingerprint density at radius 2 is 1.27 bits per heavy atom. The molecule has 1 amide bonds. The standard InChI is InChI=1S/C29H33NO14/c1-13(31)40-12-24-26(41-14(2)32)28(43-16(4)34)27(42-15(3)33)25(44-24)20-10-23(36)21(11-22(20)35)30-29(37)17-7-18(38-5)9-19(8-17)39-6/h7-11,24-28,35-36H,12H2,1-6H3,(H,30,37)/t24-,25+,26-,27+,28+/m1/s1. The van der Waals surface area contributed by atoms with Crippen LogP contribution in [0.3, 0.4) is 0 Å². The third kappa shape index (κ3) is 8.28. The molecule has 1 heterocycles. The van der Waals surface area contributed by atoms with Crippen molar-refractivity contribution in [3.8, 4) is 23.0 Å². The molecule has 2 aromatic carbocycles. The van der Waals surface area contributed by atoms with Crippen LogP contribution >= 0.6 is 0 Å². The highest BCUT2D eigenvalue weighted by molar-refractivity contribution is 6.05. The Labute approximate surface area is 251 Å². The fourth-order valence-electron chi connectivity index (χ4n) is 4.53. The first kappa shape index (κ1) is 33.5. The van der Waals surface area contributed by atoms with Gasteiger partial charge >= 0.3 is 23.9 Å². The van der Waals surface area contributed by atoms with Gasteiger partial charge in [-0.05, 0) is 18.2 Å². The van der Waals surface area contributed by atoms with Gasteiger partial charge in [0.2, 0.25) is 0 Å². The lowest BCUT2D eigenvalue weighted by Gasteiger charge is -2.44. The van der Waals surface area contributed by atoms with E-state index < -0.39 is 78.4 Å². The average molecular weight is 620 g/mol. The van der Waals surface area contributed by atoms with Crippen LogP contribution in [0.2, 0.25) is 0 Å². The number of nitrogens with one attached hydrogen (secondary N) is 1. The summed E-state index contributed by atoms with van der Waals surface area (Å²) in [4.78, 5) is 60.7. The molecule has 1 aliphatic rings. The van der Waals surface area contributed by atoms with Gasteiger partial charge in [0, 0.05) is 51.0 Å². The van der Waals surface area contributed by atoms with Gasteiger partial charge in [0.05, 0.1) is 19.9 Å². The fourth-order valence-corrected chi connectivity index (χ4v) is 4.53. The van der Waals surface area contributed by atoms with Crippen molar-refractivity contribution in [2.75, 3.05) is 26.1 Å². The minimum absolute atomic E-state index is 0.115. The van der Waals surface area contributed by atoms with E-state index in [-0.39, 0.29) is 16.8 Å². The number of benzene rings is 2. The van der Waals surface area contributed by atoms with E-state index in [1.165, 1.54) is 26.4 Å². The molecule has 3 N–H and O–H groups in total. The van der Waals surface area contributed by atoms with Crippen molar-refractivity contribution in [2.45, 2.75) is 58.2 Å². The summed E-state index contributed by atoms with van der Waals surface area (Å²) in [6.45, 7) is 3.86. The monoisotopic (exact) mass is 619 g/mol. The van der Waals surface area contributed by atoms with E-state index in [0.717, 1.165) is 39.8 Å². The lowest BCUT2D eigenvalue weighted by molar-refractivity contribution is -0.254. The van der Waals surface area contributed by atoms with Gasteiger partial charge in [-0.25, -0.2) is 0 Å². The molecule has 3 rings (SSSR count). The molecular weight excluding hydrogens is 586 g/mol. The highest BCUT2D eigenvalue weighted by Crippen LogP contribution is 2.43. The van der Waals surface area contributed by atoms with E-state index in [9.17, 15) is 34.2 Å². The van der Waals surface area contributed by atoms with E-state index in [2.05, 4.69) is 5.32 Å². The zero-order valence-electron chi connectivity index (χ0n) is 24.8. The van der Waals surface area contributed by atoms with Crippen molar-refractivity contribution < 1.29 is 67.3 Å². The van der Waals surface area contributed by atoms with E-state index in [1.54, 1.807) is 6.07 Å². The molecule has 1 aliphatic heterocycles. The van der Waals surface area contributed by atoms with E-state index in [4.69, 9.17) is 33.2 Å². The van der Waals surface area contributed by atoms with E-state index in [1.807, 2.05) is 0 Å². The molecule has 0 radical (unpaired) electrons. The minimum Gasteiger partial charge on any atom is -0.507 e. The molecule has 0 saturated carbocycles. The number of carbonyl (C=O) groups is 5. The Hall–Kier alpha value is -5.05. The summed E-state index contributed by atoms with van der Waals surface area (Å²) >= 11 is 0. The third-order valence-electron chi connectivity index (χ3n) is 6.30. The largest absolute Gasteiger partial charge is 0.507 e. The van der Waals surface area contributed by atoms with E-state index in [0.29, 0.717) is 11.5 Å². The Morgan fingerprint density at radius 3 is 1.80 bits per heavy atom. The SMILES string of the molecule is COc1cc(OC)cc(C(=O)Nc2cc(O)c([C@@H]3O[C@H](COC(C)=O)[C@@H](OC(C)=O)[C@H](OC(C)=O)[C@H]3OC(C)=O)cc2O)c1. The van der Waals surface area contributed by atoms with Gasteiger partial charge in [0.25, 0.3) is 5.91 Å². The maximum Gasteiger partial charge on any atom is 0.303 e. The zero-order valence-corrected chi connectivity index (χ0v) is 24.8. The Morgan fingerprint density at radius 1 is 0.727 bits per heavy atom. The van der Waals surface area contributed by atoms with Crippen molar-refractivity contribution in [3.63, 3.8) is 0 Å². The summed E-state index contributed by atoms with van der Waals surface area (Å²) < 4.78 is 37.6. The molecule has 2 aromatic rings. The summed E-state index contributed by atoms with van der Waals surface area (Å²) in [5, 5.41) is 24.4. The normalized spacial score (nSPS) is 20.9. The number of hydrogen-bond donors (Lipinski definition) is 3. The average Bonchev–Trinajstić information content (AvgIpc) is 2.94. The van der Waals surface area contributed by atoms with Gasteiger partial charge in [0.15, 0.2) is 18.3 Å². The smallest absolute Gasteiger partial charge is 0.303 e. The minimum atomic E-state index is -1.52. The second-order valence-electron chi connectivity index (χ2n) is 9.60. The number of carbonyl (C=O) groups excluding carboxylic acids is 5. The summed E-state index contributed by atoms with van der Waals surface area (Å²) in [6.07, 6.45) is -7.18. The number of rotatable bonds is 10. The van der Waals surface area contributed by atoms with E-state index >= 15 is 0 Å². The molecule has 0 unspecified atom stereocenters. The van der Waals surface area contributed by atoms with Crippen LogP contribution in [0.1, 0.15) is 49.7 Å². The van der Waals surface area contributed by atoms with Gasteiger partial charge < -0.3 is 48.7 Å². The number of amides is 1. The van der Waals surface area contributed by atoms with Crippen LogP contribution in [0.15, 0.2) is 30.3 Å². The highest BCUT2D eigenvalue weighted by atomic mass is 16.7. The van der Waals surface area contributed by atoms with Crippen LogP contribution in [0.25, 0.3) is 0 Å². The first-order chi connectivity index (χ1) is 20.7. The van der Waals surface area contributed by atoms with Crippen molar-refractivity contribution in [2.24, 2.45) is 0 Å². The van der Waals surface area contributed by atoms with Gasteiger partial charge in [-0.3, -0.25) is 24.0 Å². The number of methoxy groups -OCH3 is 2. The van der Waals surface area contributed by atoms with Crippen LogP contribution in [0, 0.1) is 0 Å². The van der Waals surface area contributed by atoms with Crippen LogP contribution in [-0.2, 0) is 42.9 Å². The highest BCUT2D eigenvalue weighted by Gasteiger charge is 2.53. The summed E-state index contributed by atoms with van der Waals surface area (Å²) in [5.41, 5.74) is -0.256. The number of phenolic OH excluding ortho intramolecular Hbond substituents is 2. The fraction of sp³-hybridized carbons (Fsp3) is 0.414. The number of phenols is 2. The zero-order chi connectivity index (χ0) is 32.7. The maximum atomic E-state index is 13.0. The van der Waals surface area contributed by atoms with Crippen LogP contribution in [0.5, 0.6) is 23.0 Å². The Kier molecular flexibility index (Phi) is 11.0. The Bertz CT molecular complexity index is 1400. The molecule has 1 fully saturated rings. The molecule has 44 heavy (non-hydrogen) atoms.